The molecule has 0 aliphatic carbocycles. The van der Waals surface area contributed by atoms with Crippen LogP contribution in [-0.4, -0.2) is 48.3 Å². The Morgan fingerprint density at radius 3 is 2.05 bits per heavy atom. The van der Waals surface area contributed by atoms with Gasteiger partial charge >= 0.3 is 0 Å². The Morgan fingerprint density at radius 1 is 1.05 bits per heavy atom. The molecule has 132 valence electrons. The number of aliphatic hydroxyl groups is 1. The Balaban J connectivity index is 3.82. The molecule has 0 radical (unpaired) electrons. The van der Waals surface area contributed by atoms with Crippen molar-refractivity contribution in [3.8, 4) is 0 Å². The lowest BCUT2D eigenvalue weighted by molar-refractivity contribution is -0.896. The Labute approximate surface area is 137 Å². The molecular formula is C18H37NO3. The summed E-state index contributed by atoms with van der Waals surface area (Å²) in [7, 11) is 3.93. The number of unbranched alkanes of at least 4 members (excludes halogenated alkanes) is 7. The smallest absolute Gasteiger partial charge is 0.111 e. The van der Waals surface area contributed by atoms with E-state index in [0.29, 0.717) is 17.6 Å². The van der Waals surface area contributed by atoms with E-state index in [-0.39, 0.29) is 6.42 Å². The molecule has 4 heteroatoms. The number of carbonyl (C=O) groups is 1. The van der Waals surface area contributed by atoms with E-state index in [1.165, 1.54) is 44.9 Å². The maximum absolute atomic E-state index is 10.6. The highest BCUT2D eigenvalue weighted by Gasteiger charge is 2.29. The minimum Gasteiger partial charge on any atom is -0.550 e. The van der Waals surface area contributed by atoms with Gasteiger partial charge in [0, 0.05) is 12.4 Å². The van der Waals surface area contributed by atoms with Gasteiger partial charge < -0.3 is 19.5 Å². The Bertz CT molecular complexity index is 301. The van der Waals surface area contributed by atoms with Crippen molar-refractivity contribution in [3.63, 3.8) is 0 Å². The Morgan fingerprint density at radius 2 is 1.55 bits per heavy atom. The third-order valence-electron chi connectivity index (χ3n) is 4.26. The molecule has 0 aromatic carbocycles. The fourth-order valence-electron chi connectivity index (χ4n) is 3.11. The third kappa shape index (κ3) is 13.1. The first-order valence-electron chi connectivity index (χ1n) is 8.93. The van der Waals surface area contributed by atoms with Gasteiger partial charge in [0.25, 0.3) is 0 Å². The molecular weight excluding hydrogens is 278 g/mol. The summed E-state index contributed by atoms with van der Waals surface area (Å²) in [5, 5.41) is 21.1. The van der Waals surface area contributed by atoms with Crippen LogP contribution in [0.25, 0.3) is 0 Å². The van der Waals surface area contributed by atoms with Crippen molar-refractivity contribution in [1.29, 1.82) is 0 Å². The summed E-state index contributed by atoms with van der Waals surface area (Å²) in [5.41, 5.74) is -0.725. The van der Waals surface area contributed by atoms with Crippen LogP contribution >= 0.6 is 0 Å². The van der Waals surface area contributed by atoms with Crippen molar-refractivity contribution in [2.45, 2.75) is 83.7 Å². The van der Waals surface area contributed by atoms with E-state index in [4.69, 9.17) is 0 Å². The van der Waals surface area contributed by atoms with Gasteiger partial charge in [0.1, 0.15) is 12.1 Å². The normalized spacial score (nSPS) is 14.8. The minimum absolute atomic E-state index is 0.0425. The van der Waals surface area contributed by atoms with E-state index in [2.05, 4.69) is 6.92 Å². The zero-order chi connectivity index (χ0) is 17.1. The fraction of sp³-hybridized carbons (Fsp3) is 0.944. The van der Waals surface area contributed by atoms with E-state index in [1.54, 1.807) is 0 Å². The molecule has 0 saturated carbocycles. The maximum Gasteiger partial charge on any atom is 0.111 e. The fourth-order valence-corrected chi connectivity index (χ4v) is 3.11. The lowest BCUT2D eigenvalue weighted by Crippen LogP contribution is -2.51. The molecule has 1 atom stereocenters. The highest BCUT2D eigenvalue weighted by Crippen LogP contribution is 2.19. The molecule has 0 heterocycles. The van der Waals surface area contributed by atoms with Gasteiger partial charge in [-0.3, -0.25) is 0 Å². The first-order chi connectivity index (χ1) is 10.2. The van der Waals surface area contributed by atoms with Crippen molar-refractivity contribution < 1.29 is 19.5 Å². The largest absolute Gasteiger partial charge is 0.550 e. The molecule has 1 N–H and O–H groups in total. The summed E-state index contributed by atoms with van der Waals surface area (Å²) in [6, 6.07) is 0. The van der Waals surface area contributed by atoms with Gasteiger partial charge in [-0.1, -0.05) is 58.3 Å². The summed E-state index contributed by atoms with van der Waals surface area (Å²) in [4.78, 5) is 10.6. The maximum atomic E-state index is 10.6. The van der Waals surface area contributed by atoms with Crippen molar-refractivity contribution >= 4 is 5.97 Å². The van der Waals surface area contributed by atoms with Crippen LogP contribution in [0.5, 0.6) is 0 Å². The van der Waals surface area contributed by atoms with Crippen LogP contribution in [0.2, 0.25) is 0 Å². The second kappa shape index (κ2) is 11.0. The Hall–Kier alpha value is -0.610. The monoisotopic (exact) mass is 315 g/mol. The highest BCUT2D eigenvalue weighted by atomic mass is 16.4. The van der Waals surface area contributed by atoms with Gasteiger partial charge in [-0.2, -0.15) is 0 Å². The van der Waals surface area contributed by atoms with Gasteiger partial charge in [0.15, 0.2) is 0 Å². The van der Waals surface area contributed by atoms with Crippen LogP contribution in [0.4, 0.5) is 0 Å². The number of carboxylic acids is 1. The van der Waals surface area contributed by atoms with Crippen LogP contribution in [0.1, 0.15) is 78.1 Å². The molecule has 1 unspecified atom stereocenters. The molecule has 0 aliphatic rings. The molecule has 22 heavy (non-hydrogen) atoms. The zero-order valence-corrected chi connectivity index (χ0v) is 15.2. The van der Waals surface area contributed by atoms with Crippen LogP contribution in [0, 0.1) is 0 Å². The lowest BCUT2D eigenvalue weighted by Gasteiger charge is -2.36. The predicted molar refractivity (Wildman–Crippen MR) is 89.3 cm³/mol. The van der Waals surface area contributed by atoms with E-state index >= 15 is 0 Å². The first kappa shape index (κ1) is 21.4. The number of hydrogen-bond acceptors (Lipinski definition) is 3. The van der Waals surface area contributed by atoms with Crippen LogP contribution in [-0.2, 0) is 4.79 Å². The van der Waals surface area contributed by atoms with E-state index < -0.39 is 11.6 Å². The first-order valence-corrected chi connectivity index (χ1v) is 8.93. The number of quaternary nitrogens is 1. The number of carbonyl (C=O) groups excluding carboxylic acids is 1. The summed E-state index contributed by atoms with van der Waals surface area (Å²) >= 11 is 0. The van der Waals surface area contributed by atoms with E-state index in [1.807, 2.05) is 21.0 Å². The van der Waals surface area contributed by atoms with Crippen molar-refractivity contribution in [1.82, 2.24) is 0 Å². The SMILES string of the molecule is CCCCCCCCCCC(C)(O)C[N+](C)(C)CCC(=O)[O-]. The summed E-state index contributed by atoms with van der Waals surface area (Å²) < 4.78 is 0.512. The average Bonchev–Trinajstić information content (AvgIpc) is 2.38. The molecule has 0 bridgehead atoms. The van der Waals surface area contributed by atoms with Gasteiger partial charge in [-0.15, -0.1) is 0 Å². The highest BCUT2D eigenvalue weighted by molar-refractivity contribution is 5.64. The van der Waals surface area contributed by atoms with Gasteiger partial charge in [-0.05, 0) is 13.3 Å². The molecule has 0 spiro atoms. The molecule has 0 aromatic rings. The summed E-state index contributed by atoms with van der Waals surface area (Å²) in [6.45, 7) is 5.18. The molecule has 0 aromatic heterocycles. The summed E-state index contributed by atoms with van der Waals surface area (Å²) in [6.07, 6.45) is 10.9. The van der Waals surface area contributed by atoms with Crippen LogP contribution in [0.15, 0.2) is 0 Å². The Kier molecular flexibility index (Phi) is 10.7. The number of likely N-dealkylation sites (N-methyl/N-ethyl adjacent to an activating group) is 1. The summed E-state index contributed by atoms with van der Waals surface area (Å²) in [5.74, 6) is -1.02. The molecule has 0 rings (SSSR count). The third-order valence-corrected chi connectivity index (χ3v) is 4.26. The number of rotatable bonds is 14. The van der Waals surface area contributed by atoms with Crippen LogP contribution in [0.3, 0.4) is 0 Å². The topological polar surface area (TPSA) is 60.4 Å². The van der Waals surface area contributed by atoms with E-state index in [0.717, 1.165) is 12.8 Å². The average molecular weight is 315 g/mol. The minimum atomic E-state index is -1.02. The van der Waals surface area contributed by atoms with Gasteiger partial charge in [-0.25, -0.2) is 0 Å². The molecule has 0 saturated heterocycles. The van der Waals surface area contributed by atoms with Gasteiger partial charge in [0.05, 0.1) is 20.6 Å². The molecule has 0 fully saturated rings. The number of hydrogen-bond donors (Lipinski definition) is 1. The predicted octanol–water partition coefficient (Wildman–Crippen LogP) is 2.48. The number of aliphatic carboxylic acids is 1. The van der Waals surface area contributed by atoms with Crippen LogP contribution < -0.4 is 5.11 Å². The van der Waals surface area contributed by atoms with Crippen molar-refractivity contribution in [2.75, 3.05) is 27.2 Å². The van der Waals surface area contributed by atoms with Crippen molar-refractivity contribution in [3.05, 3.63) is 0 Å². The lowest BCUT2D eigenvalue weighted by atomic mass is 9.96. The number of nitrogens with zero attached hydrogens (tertiary/aromatic N) is 1. The van der Waals surface area contributed by atoms with Crippen molar-refractivity contribution in [2.24, 2.45) is 0 Å². The standard InChI is InChI=1S/C18H37NO3/c1-5-6-7-8-9-10-11-12-14-18(2,22)16-19(3,4)15-13-17(20)21/h22H,5-16H2,1-4H3. The van der Waals surface area contributed by atoms with Gasteiger partial charge in [0.2, 0.25) is 0 Å². The zero-order valence-electron chi connectivity index (χ0n) is 15.2. The second-order valence-electron chi connectivity index (χ2n) is 7.66. The molecule has 4 nitrogen and oxygen atoms in total. The quantitative estimate of drug-likeness (QED) is 0.396. The molecule has 0 aliphatic heterocycles. The van der Waals surface area contributed by atoms with E-state index in [9.17, 15) is 15.0 Å². The number of carboxylic acid groups (broad SMARTS) is 1. The molecule has 0 amide bonds. The second-order valence-corrected chi connectivity index (χ2v) is 7.66.